The largest absolute Gasteiger partial charge is 0.507 e. The second kappa shape index (κ2) is 10.9. The van der Waals surface area contributed by atoms with Gasteiger partial charge in [-0.15, -0.1) is 0 Å². The van der Waals surface area contributed by atoms with Crippen molar-refractivity contribution in [3.05, 3.63) is 82.9 Å². The fourth-order valence-corrected chi connectivity index (χ4v) is 3.79. The molecule has 0 unspecified atom stereocenters. The average Bonchev–Trinajstić information content (AvgIpc) is 2.77. The maximum atomic E-state index is 12.7. The van der Waals surface area contributed by atoms with Gasteiger partial charge in [0.05, 0.1) is 11.1 Å². The van der Waals surface area contributed by atoms with E-state index in [-0.39, 0.29) is 22.6 Å². The Morgan fingerprint density at radius 3 is 1.32 bits per heavy atom. The van der Waals surface area contributed by atoms with Gasteiger partial charge < -0.3 is 20.8 Å². The summed E-state index contributed by atoms with van der Waals surface area (Å²) in [6, 6.07) is 17.0. The summed E-state index contributed by atoms with van der Waals surface area (Å²) in [6.07, 6.45) is 1.36. The summed E-state index contributed by atoms with van der Waals surface area (Å²) in [6.45, 7) is 8.21. The van der Waals surface area contributed by atoms with Crippen LogP contribution in [-0.4, -0.2) is 22.0 Å². The van der Waals surface area contributed by atoms with Crippen LogP contribution < -0.4 is 10.6 Å². The summed E-state index contributed by atoms with van der Waals surface area (Å²) in [7, 11) is 0. The summed E-state index contributed by atoms with van der Waals surface area (Å²) < 4.78 is 0. The van der Waals surface area contributed by atoms with Gasteiger partial charge in [0, 0.05) is 11.4 Å². The zero-order chi connectivity index (χ0) is 24.8. The first-order chi connectivity index (χ1) is 16.2. The summed E-state index contributed by atoms with van der Waals surface area (Å²) in [4.78, 5) is 25.4. The van der Waals surface area contributed by atoms with Crippen LogP contribution in [0.15, 0.2) is 60.7 Å². The van der Waals surface area contributed by atoms with Crippen LogP contribution in [0.3, 0.4) is 0 Å². The molecule has 0 spiro atoms. The molecule has 3 aromatic carbocycles. The molecule has 6 nitrogen and oxygen atoms in total. The number of amides is 2. The molecule has 6 heteroatoms. The van der Waals surface area contributed by atoms with Crippen molar-refractivity contribution in [3.63, 3.8) is 0 Å². The highest BCUT2D eigenvalue weighted by molar-refractivity contribution is 6.07. The molecule has 0 aliphatic heterocycles. The molecule has 0 saturated heterocycles. The number of para-hydroxylation sites is 2. The molecule has 178 valence electrons. The smallest absolute Gasteiger partial charge is 0.259 e. The van der Waals surface area contributed by atoms with E-state index >= 15 is 0 Å². The molecule has 0 radical (unpaired) electrons. The van der Waals surface area contributed by atoms with Gasteiger partial charge in [-0.2, -0.15) is 0 Å². The number of benzene rings is 3. The van der Waals surface area contributed by atoms with Crippen LogP contribution in [-0.2, 0) is 12.8 Å². The van der Waals surface area contributed by atoms with Crippen LogP contribution in [0.4, 0.5) is 11.4 Å². The molecule has 0 aliphatic carbocycles. The Kier molecular flexibility index (Phi) is 7.95. The van der Waals surface area contributed by atoms with Crippen molar-refractivity contribution in [1.29, 1.82) is 0 Å². The lowest BCUT2D eigenvalue weighted by Crippen LogP contribution is -2.14. The Labute approximate surface area is 200 Å². The van der Waals surface area contributed by atoms with Crippen LogP contribution in [0, 0.1) is 11.8 Å². The minimum Gasteiger partial charge on any atom is -0.507 e. The third kappa shape index (κ3) is 6.16. The van der Waals surface area contributed by atoms with Crippen molar-refractivity contribution in [3.8, 4) is 11.5 Å². The second-order valence-corrected chi connectivity index (χ2v) is 9.31. The summed E-state index contributed by atoms with van der Waals surface area (Å²) in [5.74, 6) is -0.120. The van der Waals surface area contributed by atoms with Crippen LogP contribution in [0.25, 0.3) is 0 Å². The number of phenols is 2. The molecule has 4 N–H and O–H groups in total. The lowest BCUT2D eigenvalue weighted by atomic mass is 9.99. The summed E-state index contributed by atoms with van der Waals surface area (Å²) >= 11 is 0. The number of hydrogen-bond donors (Lipinski definition) is 4. The van der Waals surface area contributed by atoms with Crippen molar-refractivity contribution < 1.29 is 19.8 Å². The Morgan fingerprint density at radius 1 is 0.647 bits per heavy atom. The Hall–Kier alpha value is -3.80. The Morgan fingerprint density at radius 2 is 1.00 bits per heavy atom. The highest BCUT2D eigenvalue weighted by Gasteiger charge is 2.17. The fourth-order valence-electron chi connectivity index (χ4n) is 3.79. The third-order valence-corrected chi connectivity index (χ3v) is 5.39. The number of hydrogen-bond acceptors (Lipinski definition) is 4. The van der Waals surface area contributed by atoms with E-state index in [0.717, 1.165) is 11.1 Å². The minimum atomic E-state index is -0.410. The van der Waals surface area contributed by atoms with E-state index in [1.54, 1.807) is 48.5 Å². The van der Waals surface area contributed by atoms with Crippen molar-refractivity contribution in [2.45, 2.75) is 40.5 Å². The molecule has 0 aromatic heterocycles. The van der Waals surface area contributed by atoms with Crippen molar-refractivity contribution >= 4 is 23.2 Å². The zero-order valence-electron chi connectivity index (χ0n) is 20.1. The number of nitrogens with one attached hydrogen (secondary N) is 2. The molecule has 0 heterocycles. The topological polar surface area (TPSA) is 98.7 Å². The molecule has 0 fully saturated rings. The van der Waals surface area contributed by atoms with E-state index in [2.05, 4.69) is 38.3 Å². The second-order valence-electron chi connectivity index (χ2n) is 9.31. The van der Waals surface area contributed by atoms with Gasteiger partial charge in [0.15, 0.2) is 0 Å². The monoisotopic (exact) mass is 460 g/mol. The van der Waals surface area contributed by atoms with Crippen molar-refractivity contribution in [1.82, 2.24) is 0 Å². The van der Waals surface area contributed by atoms with Crippen LogP contribution >= 0.6 is 0 Å². The highest BCUT2D eigenvalue weighted by atomic mass is 16.3. The number of rotatable bonds is 8. The molecule has 0 aliphatic rings. The first-order valence-electron chi connectivity index (χ1n) is 11.5. The summed E-state index contributed by atoms with van der Waals surface area (Å²) in [5, 5.41) is 26.5. The van der Waals surface area contributed by atoms with Gasteiger partial charge in [-0.25, -0.2) is 0 Å². The first kappa shape index (κ1) is 24.8. The molecular weight excluding hydrogens is 428 g/mol. The number of carbonyl (C=O) groups is 2. The number of aromatic hydroxyl groups is 2. The van der Waals surface area contributed by atoms with Crippen LogP contribution in [0.2, 0.25) is 0 Å². The van der Waals surface area contributed by atoms with Gasteiger partial charge in [-0.3, -0.25) is 9.59 Å². The maximum Gasteiger partial charge on any atom is 0.259 e. The van der Waals surface area contributed by atoms with Gasteiger partial charge >= 0.3 is 0 Å². The lowest BCUT2D eigenvalue weighted by Gasteiger charge is -2.13. The van der Waals surface area contributed by atoms with E-state index in [1.807, 2.05) is 12.1 Å². The van der Waals surface area contributed by atoms with Crippen molar-refractivity contribution in [2.75, 3.05) is 10.6 Å². The van der Waals surface area contributed by atoms with E-state index in [9.17, 15) is 19.8 Å². The molecule has 34 heavy (non-hydrogen) atoms. The molecule has 0 saturated carbocycles. The zero-order valence-corrected chi connectivity index (χ0v) is 20.1. The van der Waals surface area contributed by atoms with Crippen molar-refractivity contribution in [2.24, 2.45) is 11.8 Å². The predicted molar refractivity (Wildman–Crippen MR) is 136 cm³/mol. The standard InChI is InChI=1S/C28H32N2O4/c1-17(2)15-19-7-5-9-23(25(19)31)27(33)29-21-11-13-22(14-12-21)30-28(34)24-10-6-8-20(26(24)32)16-18(3)4/h5-14,17-18,31-32H,15-16H2,1-4H3,(H,29,33)(H,30,34). The van der Waals surface area contributed by atoms with E-state index < -0.39 is 11.8 Å². The number of carbonyl (C=O) groups excluding carboxylic acids is 2. The normalized spacial score (nSPS) is 11.0. The van der Waals surface area contributed by atoms with Gasteiger partial charge in [-0.05, 0) is 72.2 Å². The first-order valence-corrected chi connectivity index (χ1v) is 11.5. The lowest BCUT2D eigenvalue weighted by molar-refractivity contribution is 0.101. The molecule has 0 bridgehead atoms. The molecule has 2 amide bonds. The van der Waals surface area contributed by atoms with Gasteiger partial charge in [0.2, 0.25) is 0 Å². The van der Waals surface area contributed by atoms with E-state index in [1.165, 1.54) is 0 Å². The predicted octanol–water partition coefficient (Wildman–Crippen LogP) is 6.00. The third-order valence-electron chi connectivity index (χ3n) is 5.39. The van der Waals surface area contributed by atoms with Crippen LogP contribution in [0.1, 0.15) is 59.5 Å². The average molecular weight is 461 g/mol. The minimum absolute atomic E-state index is 0.00270. The highest BCUT2D eigenvalue weighted by Crippen LogP contribution is 2.27. The molecular formula is C28H32N2O4. The Bertz CT molecular complexity index is 1080. The molecule has 3 aromatic rings. The Balaban J connectivity index is 1.68. The SMILES string of the molecule is CC(C)Cc1cccc(C(=O)Nc2ccc(NC(=O)c3cccc(CC(C)C)c3O)cc2)c1O. The van der Waals surface area contributed by atoms with Crippen LogP contribution in [0.5, 0.6) is 11.5 Å². The number of phenolic OH excluding ortho intramolecular Hbond substituents is 2. The fraction of sp³-hybridized carbons (Fsp3) is 0.286. The van der Waals surface area contributed by atoms with Gasteiger partial charge in [0.25, 0.3) is 11.8 Å². The van der Waals surface area contributed by atoms with Gasteiger partial charge in [0.1, 0.15) is 11.5 Å². The molecule has 0 atom stereocenters. The van der Waals surface area contributed by atoms with E-state index in [4.69, 9.17) is 0 Å². The quantitative estimate of drug-likeness (QED) is 0.331. The molecule has 3 rings (SSSR count). The number of anilines is 2. The summed E-state index contributed by atoms with van der Waals surface area (Å²) in [5.41, 5.74) is 2.96. The van der Waals surface area contributed by atoms with Gasteiger partial charge in [-0.1, -0.05) is 52.0 Å². The van der Waals surface area contributed by atoms with E-state index in [0.29, 0.717) is 36.1 Å². The maximum absolute atomic E-state index is 12.7.